The lowest BCUT2D eigenvalue weighted by Gasteiger charge is -2.34. The Hall–Kier alpha value is -2.24. The van der Waals surface area contributed by atoms with Crippen LogP contribution in [0.3, 0.4) is 0 Å². The van der Waals surface area contributed by atoms with Crippen LogP contribution in [0.25, 0.3) is 0 Å². The summed E-state index contributed by atoms with van der Waals surface area (Å²) in [6.07, 6.45) is 3.92. The van der Waals surface area contributed by atoms with Crippen molar-refractivity contribution in [2.24, 2.45) is 5.92 Å². The fourth-order valence-electron chi connectivity index (χ4n) is 3.86. The molecule has 1 aromatic carbocycles. The summed E-state index contributed by atoms with van der Waals surface area (Å²) in [5, 5.41) is 0. The van der Waals surface area contributed by atoms with Crippen molar-refractivity contribution >= 4 is 17.7 Å². The van der Waals surface area contributed by atoms with Gasteiger partial charge in [-0.1, -0.05) is 25.0 Å². The van der Waals surface area contributed by atoms with Gasteiger partial charge in [0.05, 0.1) is 6.54 Å². The second kappa shape index (κ2) is 6.00. The summed E-state index contributed by atoms with van der Waals surface area (Å²) >= 11 is 0. The highest BCUT2D eigenvalue weighted by Crippen LogP contribution is 2.41. The standard InChI is InChI=1S/C18H21FN2O3/c1-18(13-7-3-4-8-13)16(23)21(17(24)20(18)2)11-15(22)12-6-5-9-14(19)10-12/h5-6,9-10,13H,3-4,7-8,11H2,1-2H3. The number of Topliss-reactive ketones (excluding diaryl/α,β-unsaturated/α-hetero) is 1. The first-order valence-corrected chi connectivity index (χ1v) is 8.24. The van der Waals surface area contributed by atoms with Crippen LogP contribution in [0.5, 0.6) is 0 Å². The number of imide groups is 1. The van der Waals surface area contributed by atoms with Crippen molar-refractivity contribution in [2.75, 3.05) is 13.6 Å². The molecule has 1 saturated heterocycles. The molecule has 0 N–H and O–H groups in total. The van der Waals surface area contributed by atoms with E-state index in [1.54, 1.807) is 14.0 Å². The molecule has 2 fully saturated rings. The van der Waals surface area contributed by atoms with Crippen LogP contribution in [0.1, 0.15) is 43.0 Å². The van der Waals surface area contributed by atoms with Crippen molar-refractivity contribution in [3.63, 3.8) is 0 Å². The van der Waals surface area contributed by atoms with Crippen molar-refractivity contribution in [3.8, 4) is 0 Å². The molecule has 3 amide bonds. The van der Waals surface area contributed by atoms with Crippen LogP contribution >= 0.6 is 0 Å². The zero-order chi connectivity index (χ0) is 17.5. The molecule has 1 aromatic rings. The number of urea groups is 1. The Kier molecular flexibility index (Phi) is 4.15. The summed E-state index contributed by atoms with van der Waals surface area (Å²) in [5.74, 6) is -1.17. The van der Waals surface area contributed by atoms with Gasteiger partial charge in [0.2, 0.25) is 0 Å². The normalized spacial score (nSPS) is 25.0. The SMILES string of the molecule is CN1C(=O)N(CC(=O)c2cccc(F)c2)C(=O)C1(C)C1CCCC1. The Morgan fingerprint density at radius 2 is 1.96 bits per heavy atom. The van der Waals surface area contributed by atoms with Crippen LogP contribution in [0.15, 0.2) is 24.3 Å². The topological polar surface area (TPSA) is 57.7 Å². The predicted octanol–water partition coefficient (Wildman–Crippen LogP) is 2.85. The molecule has 1 atom stereocenters. The summed E-state index contributed by atoms with van der Waals surface area (Å²) in [4.78, 5) is 40.3. The zero-order valence-electron chi connectivity index (χ0n) is 13.9. The molecule has 128 valence electrons. The van der Waals surface area contributed by atoms with E-state index in [9.17, 15) is 18.8 Å². The van der Waals surface area contributed by atoms with Gasteiger partial charge < -0.3 is 4.90 Å². The number of rotatable bonds is 4. The van der Waals surface area contributed by atoms with Crippen molar-refractivity contribution in [2.45, 2.75) is 38.1 Å². The third kappa shape index (κ3) is 2.50. The van der Waals surface area contributed by atoms with Crippen LogP contribution in [-0.2, 0) is 4.79 Å². The minimum absolute atomic E-state index is 0.119. The molecule has 24 heavy (non-hydrogen) atoms. The van der Waals surface area contributed by atoms with Crippen LogP contribution in [0, 0.1) is 11.7 Å². The minimum Gasteiger partial charge on any atom is -0.313 e. The maximum atomic E-state index is 13.3. The fourth-order valence-corrected chi connectivity index (χ4v) is 3.86. The number of carbonyl (C=O) groups is 3. The molecular weight excluding hydrogens is 311 g/mol. The van der Waals surface area contributed by atoms with Crippen LogP contribution in [-0.4, -0.2) is 46.7 Å². The molecular formula is C18H21FN2O3. The molecule has 0 radical (unpaired) electrons. The number of amides is 3. The Bertz CT molecular complexity index is 699. The van der Waals surface area contributed by atoms with E-state index in [0.717, 1.165) is 36.6 Å². The van der Waals surface area contributed by atoms with E-state index in [4.69, 9.17) is 0 Å². The lowest BCUT2D eigenvalue weighted by atomic mass is 9.83. The van der Waals surface area contributed by atoms with Crippen LogP contribution < -0.4 is 0 Å². The van der Waals surface area contributed by atoms with Gasteiger partial charge in [-0.3, -0.25) is 14.5 Å². The Morgan fingerprint density at radius 3 is 2.58 bits per heavy atom. The number of likely N-dealkylation sites (N-methyl/N-ethyl adjacent to an activating group) is 1. The van der Waals surface area contributed by atoms with E-state index >= 15 is 0 Å². The molecule has 1 aliphatic heterocycles. The average molecular weight is 332 g/mol. The summed E-state index contributed by atoms with van der Waals surface area (Å²) < 4.78 is 13.3. The van der Waals surface area contributed by atoms with Gasteiger partial charge in [0.1, 0.15) is 11.4 Å². The quantitative estimate of drug-likeness (QED) is 0.629. The number of nitrogens with zero attached hydrogens (tertiary/aromatic N) is 2. The highest BCUT2D eigenvalue weighted by Gasteiger charge is 2.57. The summed E-state index contributed by atoms with van der Waals surface area (Å²) in [6.45, 7) is 1.43. The van der Waals surface area contributed by atoms with Gasteiger partial charge in [0.15, 0.2) is 5.78 Å². The summed E-state index contributed by atoms with van der Waals surface area (Å²) in [7, 11) is 1.62. The van der Waals surface area contributed by atoms with Gasteiger partial charge in [-0.15, -0.1) is 0 Å². The predicted molar refractivity (Wildman–Crippen MR) is 86.0 cm³/mol. The molecule has 3 rings (SSSR count). The van der Waals surface area contributed by atoms with E-state index in [-0.39, 0.29) is 23.9 Å². The zero-order valence-corrected chi connectivity index (χ0v) is 13.9. The first-order chi connectivity index (χ1) is 11.4. The summed E-state index contributed by atoms with van der Waals surface area (Å²) in [6, 6.07) is 4.82. The molecule has 1 heterocycles. The molecule has 0 spiro atoms. The van der Waals surface area contributed by atoms with Gasteiger partial charge in [0.25, 0.3) is 5.91 Å². The third-order valence-corrected chi connectivity index (χ3v) is 5.49. The minimum atomic E-state index is -0.893. The van der Waals surface area contributed by atoms with E-state index in [1.165, 1.54) is 23.1 Å². The smallest absolute Gasteiger partial charge is 0.313 e. The number of hydrogen-bond acceptors (Lipinski definition) is 3. The molecule has 1 unspecified atom stereocenters. The molecule has 0 bridgehead atoms. The first kappa shape index (κ1) is 16.6. The van der Waals surface area contributed by atoms with Gasteiger partial charge >= 0.3 is 6.03 Å². The number of carbonyl (C=O) groups excluding carboxylic acids is 3. The molecule has 0 aromatic heterocycles. The Morgan fingerprint density at radius 1 is 1.29 bits per heavy atom. The molecule has 2 aliphatic rings. The van der Waals surface area contributed by atoms with Crippen LogP contribution in [0.4, 0.5) is 9.18 Å². The molecule has 1 saturated carbocycles. The largest absolute Gasteiger partial charge is 0.327 e. The van der Waals surface area contributed by atoms with E-state index in [1.807, 2.05) is 0 Å². The van der Waals surface area contributed by atoms with E-state index in [0.29, 0.717) is 0 Å². The van der Waals surface area contributed by atoms with Gasteiger partial charge in [-0.05, 0) is 37.8 Å². The lowest BCUT2D eigenvalue weighted by Crippen LogP contribution is -2.50. The highest BCUT2D eigenvalue weighted by atomic mass is 19.1. The first-order valence-electron chi connectivity index (χ1n) is 8.24. The van der Waals surface area contributed by atoms with E-state index < -0.39 is 23.2 Å². The molecule has 5 nitrogen and oxygen atoms in total. The number of ketones is 1. The van der Waals surface area contributed by atoms with Crippen molar-refractivity contribution in [1.82, 2.24) is 9.80 Å². The Labute approximate surface area is 140 Å². The maximum Gasteiger partial charge on any atom is 0.327 e. The van der Waals surface area contributed by atoms with Crippen LogP contribution in [0.2, 0.25) is 0 Å². The lowest BCUT2D eigenvalue weighted by molar-refractivity contribution is -0.134. The molecule has 1 aliphatic carbocycles. The number of hydrogen-bond donors (Lipinski definition) is 0. The van der Waals surface area contributed by atoms with Crippen molar-refractivity contribution in [1.29, 1.82) is 0 Å². The van der Waals surface area contributed by atoms with Gasteiger partial charge in [0, 0.05) is 12.6 Å². The van der Waals surface area contributed by atoms with Crippen molar-refractivity contribution < 1.29 is 18.8 Å². The molecule has 6 heteroatoms. The second-order valence-electron chi connectivity index (χ2n) is 6.80. The van der Waals surface area contributed by atoms with Gasteiger partial charge in [-0.2, -0.15) is 0 Å². The summed E-state index contributed by atoms with van der Waals surface area (Å²) in [5.41, 5.74) is -0.733. The number of halogens is 1. The van der Waals surface area contributed by atoms with E-state index in [2.05, 4.69) is 0 Å². The van der Waals surface area contributed by atoms with Gasteiger partial charge in [-0.25, -0.2) is 9.18 Å². The monoisotopic (exact) mass is 332 g/mol. The maximum absolute atomic E-state index is 13.3. The number of benzene rings is 1. The Balaban J connectivity index is 1.82. The third-order valence-electron chi connectivity index (χ3n) is 5.49. The second-order valence-corrected chi connectivity index (χ2v) is 6.80. The van der Waals surface area contributed by atoms with Crippen molar-refractivity contribution in [3.05, 3.63) is 35.6 Å². The fraction of sp³-hybridized carbons (Fsp3) is 0.500. The average Bonchev–Trinajstić information content (AvgIpc) is 3.16. The highest BCUT2D eigenvalue weighted by molar-refractivity contribution is 6.11.